The number of carbonyl (C=O) groups is 1. The molecule has 0 radical (unpaired) electrons. The minimum atomic E-state index is 0.140. The smallest absolute Gasteiger partial charge is 0.142 e. The van der Waals surface area contributed by atoms with Crippen molar-refractivity contribution in [1.29, 1.82) is 0 Å². The first-order valence-electron chi connectivity index (χ1n) is 2.69. The molecule has 0 aliphatic heterocycles. The quantitative estimate of drug-likeness (QED) is 0.288. The Morgan fingerprint density at radius 2 is 2.00 bits per heavy atom. The summed E-state index contributed by atoms with van der Waals surface area (Å²) in [5.41, 5.74) is 0. The zero-order valence-corrected chi connectivity index (χ0v) is 5.64. The van der Waals surface area contributed by atoms with Crippen LogP contribution in [0.5, 0.6) is 0 Å². The number of rotatable bonds is 2. The highest BCUT2D eigenvalue weighted by atomic mass is 16.1. The van der Waals surface area contributed by atoms with E-state index in [2.05, 4.69) is 0 Å². The molecule has 0 spiro atoms. The van der Waals surface area contributed by atoms with Gasteiger partial charge in [0.15, 0.2) is 0 Å². The van der Waals surface area contributed by atoms with Gasteiger partial charge in [0, 0.05) is 0 Å². The molecule has 0 heterocycles. The van der Waals surface area contributed by atoms with Crippen molar-refractivity contribution in [2.75, 3.05) is 0 Å². The number of hydrogen-bond donors (Lipinski definition) is 0. The summed E-state index contributed by atoms with van der Waals surface area (Å²) in [6.07, 6.45) is 4.20. The molecule has 8 heavy (non-hydrogen) atoms. The van der Waals surface area contributed by atoms with Gasteiger partial charge < -0.3 is 0 Å². The van der Waals surface area contributed by atoms with Crippen LogP contribution < -0.4 is 0 Å². The third kappa shape index (κ3) is 5.47. The van der Waals surface area contributed by atoms with Crippen molar-refractivity contribution in [2.24, 2.45) is 0 Å². The molecule has 0 rings (SSSR count). The van der Waals surface area contributed by atoms with E-state index in [1.807, 2.05) is 27.8 Å². The highest BCUT2D eigenvalue weighted by molar-refractivity contribution is 6.16. The van der Waals surface area contributed by atoms with Crippen LogP contribution in [0.3, 0.4) is 0 Å². The minimum Gasteiger partial charge on any atom is -0.299 e. The van der Waals surface area contributed by atoms with Crippen LogP contribution in [0.15, 0.2) is 12.2 Å². The van der Waals surface area contributed by atoms with E-state index >= 15 is 0 Å². The third-order valence-electron chi connectivity index (χ3n) is 0.675. The molecule has 0 saturated carbocycles. The van der Waals surface area contributed by atoms with Gasteiger partial charge in [-0.3, -0.25) is 4.79 Å². The molecule has 1 nitrogen and oxygen atoms in total. The van der Waals surface area contributed by atoms with Crippen LogP contribution in [0.2, 0.25) is 5.31 Å². The van der Waals surface area contributed by atoms with E-state index in [0.29, 0.717) is 0 Å². The predicted octanol–water partition coefficient (Wildman–Crippen LogP) is 0.573. The second kappa shape index (κ2) is 2.70. The van der Waals surface area contributed by atoms with E-state index in [9.17, 15) is 4.79 Å². The van der Waals surface area contributed by atoms with Crippen LogP contribution >= 0.6 is 0 Å². The van der Waals surface area contributed by atoms with Crippen LogP contribution in [0.1, 0.15) is 13.8 Å². The van der Waals surface area contributed by atoms with Gasteiger partial charge in [-0.05, 0) is 11.4 Å². The van der Waals surface area contributed by atoms with E-state index in [1.54, 1.807) is 0 Å². The van der Waals surface area contributed by atoms with Crippen LogP contribution in [0, 0.1) is 0 Å². The fourth-order valence-electron chi connectivity index (χ4n) is 0.328. The number of carbonyl (C=O) groups excluding carboxylic acids is 1. The predicted molar refractivity (Wildman–Crippen MR) is 37.8 cm³/mol. The van der Waals surface area contributed by atoms with Gasteiger partial charge in [0.25, 0.3) is 0 Å². The maximum absolute atomic E-state index is 9.76. The van der Waals surface area contributed by atoms with E-state index < -0.39 is 0 Å². The van der Waals surface area contributed by atoms with E-state index in [4.69, 9.17) is 0 Å². The second-order valence-corrected chi connectivity index (χ2v) is 2.86. The van der Waals surface area contributed by atoms with Crippen molar-refractivity contribution in [3.05, 3.63) is 12.2 Å². The summed E-state index contributed by atoms with van der Waals surface area (Å²) in [5.74, 6) is 0. The highest BCUT2D eigenvalue weighted by Gasteiger charge is 2.02. The van der Waals surface area contributed by atoms with Gasteiger partial charge in [-0.2, -0.15) is 0 Å². The van der Waals surface area contributed by atoms with Crippen LogP contribution in [0.4, 0.5) is 0 Å². The van der Waals surface area contributed by atoms with Crippen molar-refractivity contribution in [1.82, 2.24) is 0 Å². The molecular weight excluding hydrogens is 98.9 g/mol. The molecule has 44 valence electrons. The maximum Gasteiger partial charge on any atom is 0.142 e. The van der Waals surface area contributed by atoms with Gasteiger partial charge in [0.05, 0.1) is 0 Å². The largest absolute Gasteiger partial charge is 0.299 e. The Hall–Kier alpha value is -0.525. The first-order chi connectivity index (χ1) is 3.56. The van der Waals surface area contributed by atoms with Gasteiger partial charge >= 0.3 is 0 Å². The molecule has 0 aromatic heterocycles. The average molecular weight is 110 g/mol. The van der Waals surface area contributed by atoms with Gasteiger partial charge in [-0.25, -0.2) is 0 Å². The molecule has 0 unspecified atom stereocenters. The molecule has 2 heteroatoms. The first kappa shape index (κ1) is 7.47. The third-order valence-corrected chi connectivity index (χ3v) is 0.675. The van der Waals surface area contributed by atoms with Crippen LogP contribution in [-0.2, 0) is 4.79 Å². The van der Waals surface area contributed by atoms with Gasteiger partial charge in [-0.15, -0.1) is 0 Å². The molecule has 0 N–H and O–H groups in total. The van der Waals surface area contributed by atoms with E-state index in [0.717, 1.165) is 6.29 Å². The lowest BCUT2D eigenvalue weighted by atomic mass is 9.72. The molecule has 0 saturated heterocycles. The lowest BCUT2D eigenvalue weighted by molar-refractivity contribution is -0.104. The Bertz CT molecular complexity index is 99.6. The molecule has 0 aromatic carbocycles. The zero-order chi connectivity index (χ0) is 6.62. The molecular formula is C6H11BO. The Balaban J connectivity index is 3.69. The molecule has 0 bridgehead atoms. The number of aldehydes is 1. The average Bonchev–Trinajstić information content (AvgIpc) is 1.59. The molecule has 0 aliphatic carbocycles. The van der Waals surface area contributed by atoms with E-state index in [1.165, 1.54) is 6.08 Å². The molecule has 0 aromatic rings. The van der Waals surface area contributed by atoms with E-state index in [-0.39, 0.29) is 5.31 Å². The number of allylic oxidation sites excluding steroid dienone is 2. The van der Waals surface area contributed by atoms with Gasteiger partial charge in [0.2, 0.25) is 0 Å². The maximum atomic E-state index is 9.76. The summed E-state index contributed by atoms with van der Waals surface area (Å²) in [5, 5.41) is 0.140. The molecule has 0 amide bonds. The Kier molecular flexibility index (Phi) is 2.52. The molecule has 0 atom stereocenters. The standard InChI is InChI=1S/C6H11BO/c1-6(2,7)4-3-5-8/h3-5H,7H2,1-2H3/b4-3+. The monoisotopic (exact) mass is 110 g/mol. The lowest BCUT2D eigenvalue weighted by Crippen LogP contribution is -1.95. The summed E-state index contributed by atoms with van der Waals surface area (Å²) in [4.78, 5) is 9.76. The SMILES string of the molecule is BC(C)(C)/C=C/C=O. The fourth-order valence-corrected chi connectivity index (χ4v) is 0.328. The minimum absolute atomic E-state index is 0.140. The van der Waals surface area contributed by atoms with Crippen molar-refractivity contribution in [3.8, 4) is 0 Å². The Morgan fingerprint density at radius 1 is 1.50 bits per heavy atom. The highest BCUT2D eigenvalue weighted by Crippen LogP contribution is 2.18. The van der Waals surface area contributed by atoms with Crippen LogP contribution in [0.25, 0.3) is 0 Å². The van der Waals surface area contributed by atoms with Gasteiger partial charge in [-0.1, -0.05) is 19.9 Å². The Morgan fingerprint density at radius 3 is 2.12 bits per heavy atom. The molecule has 0 aliphatic rings. The molecule has 0 fully saturated rings. The summed E-state index contributed by atoms with van der Waals surface area (Å²) < 4.78 is 0. The summed E-state index contributed by atoms with van der Waals surface area (Å²) >= 11 is 0. The zero-order valence-electron chi connectivity index (χ0n) is 5.64. The normalized spacial score (nSPS) is 12.2. The summed E-state index contributed by atoms with van der Waals surface area (Å²) in [7, 11) is 2.05. The van der Waals surface area contributed by atoms with Crippen molar-refractivity contribution >= 4 is 14.1 Å². The Labute approximate surface area is 51.2 Å². The summed E-state index contributed by atoms with van der Waals surface area (Å²) in [6, 6.07) is 0. The van der Waals surface area contributed by atoms with Gasteiger partial charge in [0.1, 0.15) is 14.1 Å². The summed E-state index contributed by atoms with van der Waals surface area (Å²) in [6.45, 7) is 4.10. The first-order valence-corrected chi connectivity index (χ1v) is 2.69. The fraction of sp³-hybridized carbons (Fsp3) is 0.500. The second-order valence-electron chi connectivity index (χ2n) is 2.86. The number of hydrogen-bond acceptors (Lipinski definition) is 1. The lowest BCUT2D eigenvalue weighted by Gasteiger charge is -2.08. The van der Waals surface area contributed by atoms with Crippen molar-refractivity contribution < 1.29 is 4.79 Å². The van der Waals surface area contributed by atoms with Crippen LogP contribution in [-0.4, -0.2) is 14.1 Å². The van der Waals surface area contributed by atoms with Crippen molar-refractivity contribution in [2.45, 2.75) is 19.2 Å². The van der Waals surface area contributed by atoms with Crippen molar-refractivity contribution in [3.63, 3.8) is 0 Å². The topological polar surface area (TPSA) is 17.1 Å².